The van der Waals surface area contributed by atoms with Crippen LogP contribution in [0.15, 0.2) is 0 Å². The van der Waals surface area contributed by atoms with Crippen LogP contribution in [-0.2, 0) is 23.4 Å². The summed E-state index contributed by atoms with van der Waals surface area (Å²) in [6, 6.07) is 0. The van der Waals surface area contributed by atoms with Gasteiger partial charge in [0.15, 0.2) is 0 Å². The number of esters is 1. The fraction of sp³-hybridized carbons (Fsp3) is 0.967. The van der Waals surface area contributed by atoms with Gasteiger partial charge in [-0.25, -0.2) is 0 Å². The first-order chi connectivity index (χ1) is 18.4. The molecule has 1 heterocycles. The topological polar surface area (TPSA) is 85.3 Å². The normalized spacial score (nSPS) is 17.4. The zero-order valence-electron chi connectivity index (χ0n) is 25.0. The molecule has 0 aromatic rings. The number of carbonyl (C=O) groups is 1. The molecule has 0 aliphatic carbocycles. The lowest BCUT2D eigenvalue weighted by Gasteiger charge is -2.21. The minimum atomic E-state index is -3.72. The van der Waals surface area contributed by atoms with Gasteiger partial charge in [-0.15, -0.1) is 0 Å². The van der Waals surface area contributed by atoms with E-state index in [-0.39, 0.29) is 31.8 Å². The molecule has 0 saturated carbocycles. The molecule has 8 heteroatoms. The van der Waals surface area contributed by atoms with E-state index >= 15 is 0 Å². The summed E-state index contributed by atoms with van der Waals surface area (Å²) < 4.78 is 29.0. The lowest BCUT2D eigenvalue weighted by Crippen LogP contribution is -2.29. The molecule has 0 aromatic carbocycles. The molecule has 38 heavy (non-hydrogen) atoms. The quantitative estimate of drug-likeness (QED) is 0.0657. The van der Waals surface area contributed by atoms with Gasteiger partial charge in [0.25, 0.3) is 0 Å². The van der Waals surface area contributed by atoms with Crippen molar-refractivity contribution in [2.75, 3.05) is 45.6 Å². The second-order valence-corrected chi connectivity index (χ2v) is 13.3. The molecule has 3 unspecified atom stereocenters. The predicted molar refractivity (Wildman–Crippen MR) is 157 cm³/mol. The third-order valence-electron chi connectivity index (χ3n) is 7.42. The van der Waals surface area contributed by atoms with Crippen molar-refractivity contribution >= 4 is 13.6 Å². The van der Waals surface area contributed by atoms with Crippen molar-refractivity contribution < 1.29 is 28.3 Å². The molecule has 0 spiro atoms. The molecule has 1 rings (SSSR count). The Hall–Kier alpha value is -0.460. The second-order valence-electron chi connectivity index (χ2n) is 11.3. The summed E-state index contributed by atoms with van der Waals surface area (Å²) in [6.45, 7) is 9.80. The molecule has 1 fully saturated rings. The number of nitrogens with zero attached hydrogens (tertiary/aromatic N) is 1. The van der Waals surface area contributed by atoms with Gasteiger partial charge in [0, 0.05) is 13.0 Å². The van der Waals surface area contributed by atoms with Gasteiger partial charge in [-0.1, -0.05) is 97.8 Å². The molecular formula is C30H60NO6P. The zero-order valence-corrected chi connectivity index (χ0v) is 25.9. The second kappa shape index (κ2) is 23.3. The zero-order chi connectivity index (χ0) is 27.9. The highest BCUT2D eigenvalue weighted by Gasteiger charge is 2.24. The van der Waals surface area contributed by atoms with Gasteiger partial charge in [0.1, 0.15) is 6.10 Å². The number of hydrogen-bond acceptors (Lipinski definition) is 6. The average molecular weight is 562 g/mol. The minimum absolute atomic E-state index is 0.115. The SMILES string of the molecule is CCCCCCCCCCCCCCC(C)COCC(COP(=O)(O)CCCN1CCCC1)OC(=O)CC. The van der Waals surface area contributed by atoms with Crippen LogP contribution < -0.4 is 0 Å². The molecule has 1 aliphatic rings. The number of carbonyl (C=O) groups excluding carboxylic acids is 1. The van der Waals surface area contributed by atoms with Gasteiger partial charge in [-0.05, 0) is 51.2 Å². The Morgan fingerprint density at radius 2 is 1.42 bits per heavy atom. The van der Waals surface area contributed by atoms with Crippen LogP contribution >= 0.6 is 7.60 Å². The van der Waals surface area contributed by atoms with Crippen molar-refractivity contribution in [1.29, 1.82) is 0 Å². The van der Waals surface area contributed by atoms with E-state index in [2.05, 4.69) is 18.7 Å². The Balaban J connectivity index is 2.13. The van der Waals surface area contributed by atoms with Crippen LogP contribution in [0.4, 0.5) is 0 Å². The standard InChI is InChI=1S/C30H60NO6P/c1-4-6-7-8-9-10-11-12-13-14-15-16-20-28(3)25-35-26-29(37-30(32)5-2)27-36-38(33,34)24-19-23-31-21-17-18-22-31/h28-29H,4-27H2,1-3H3,(H,33,34). The van der Waals surface area contributed by atoms with Gasteiger partial charge in [0.2, 0.25) is 0 Å². The van der Waals surface area contributed by atoms with Gasteiger partial charge >= 0.3 is 13.6 Å². The first kappa shape index (κ1) is 35.6. The fourth-order valence-electron chi connectivity index (χ4n) is 4.97. The summed E-state index contributed by atoms with van der Waals surface area (Å²) in [5, 5.41) is 0. The molecule has 0 bridgehead atoms. The van der Waals surface area contributed by atoms with Gasteiger partial charge in [-0.3, -0.25) is 9.36 Å². The lowest BCUT2D eigenvalue weighted by atomic mass is 10.0. The molecule has 0 aromatic heterocycles. The Morgan fingerprint density at radius 3 is 2.00 bits per heavy atom. The van der Waals surface area contributed by atoms with Crippen molar-refractivity contribution in [2.24, 2.45) is 5.92 Å². The van der Waals surface area contributed by atoms with Gasteiger partial charge in [-0.2, -0.15) is 0 Å². The molecule has 1 saturated heterocycles. The third-order valence-corrected chi connectivity index (χ3v) is 8.85. The Labute approximate surface area is 234 Å². The first-order valence-corrected chi connectivity index (χ1v) is 17.6. The molecule has 3 atom stereocenters. The van der Waals surface area contributed by atoms with E-state index < -0.39 is 13.7 Å². The Bertz CT molecular complexity index is 614. The van der Waals surface area contributed by atoms with E-state index in [1.54, 1.807) is 6.92 Å². The van der Waals surface area contributed by atoms with Crippen LogP contribution in [0, 0.1) is 5.92 Å². The highest BCUT2D eigenvalue weighted by molar-refractivity contribution is 7.52. The van der Waals surface area contributed by atoms with Gasteiger partial charge < -0.3 is 23.8 Å². The number of hydrogen-bond donors (Lipinski definition) is 1. The summed E-state index contributed by atoms with van der Waals surface area (Å²) in [6.07, 6.45) is 20.1. The fourth-order valence-corrected chi connectivity index (χ4v) is 6.04. The molecule has 1 N–H and O–H groups in total. The highest BCUT2D eigenvalue weighted by Crippen LogP contribution is 2.42. The maximum atomic E-state index is 12.5. The Kier molecular flexibility index (Phi) is 21.8. The monoisotopic (exact) mass is 561 g/mol. The largest absolute Gasteiger partial charge is 0.457 e. The smallest absolute Gasteiger partial charge is 0.328 e. The molecule has 0 radical (unpaired) electrons. The van der Waals surface area contributed by atoms with Crippen molar-refractivity contribution in [3.63, 3.8) is 0 Å². The van der Waals surface area contributed by atoms with Crippen molar-refractivity contribution in [1.82, 2.24) is 4.90 Å². The Morgan fingerprint density at radius 1 is 0.842 bits per heavy atom. The molecule has 1 aliphatic heterocycles. The third kappa shape index (κ3) is 20.4. The molecular weight excluding hydrogens is 501 g/mol. The number of likely N-dealkylation sites (tertiary alicyclic amines) is 1. The van der Waals surface area contributed by atoms with E-state index in [9.17, 15) is 14.3 Å². The molecule has 226 valence electrons. The maximum Gasteiger partial charge on any atom is 0.328 e. The first-order valence-electron chi connectivity index (χ1n) is 15.8. The molecule has 0 amide bonds. The number of ether oxygens (including phenoxy) is 2. The van der Waals surface area contributed by atoms with E-state index in [0.29, 0.717) is 18.9 Å². The lowest BCUT2D eigenvalue weighted by molar-refractivity contribution is -0.154. The minimum Gasteiger partial charge on any atom is -0.457 e. The summed E-state index contributed by atoms with van der Waals surface area (Å²) in [4.78, 5) is 24.4. The van der Waals surface area contributed by atoms with Crippen LogP contribution in [0.25, 0.3) is 0 Å². The van der Waals surface area contributed by atoms with Crippen LogP contribution in [-0.4, -0.2) is 67.5 Å². The van der Waals surface area contributed by atoms with Crippen LogP contribution in [0.3, 0.4) is 0 Å². The molecule has 7 nitrogen and oxygen atoms in total. The number of unbranched alkanes of at least 4 members (excludes halogenated alkanes) is 11. The number of rotatable bonds is 26. The van der Waals surface area contributed by atoms with E-state index in [1.807, 2.05) is 0 Å². The summed E-state index contributed by atoms with van der Waals surface area (Å²) in [5.74, 6) is 0.0737. The van der Waals surface area contributed by atoms with Gasteiger partial charge in [0.05, 0.1) is 19.4 Å². The van der Waals surface area contributed by atoms with Crippen molar-refractivity contribution in [2.45, 2.75) is 136 Å². The summed E-state index contributed by atoms with van der Waals surface area (Å²) >= 11 is 0. The summed E-state index contributed by atoms with van der Waals surface area (Å²) in [7, 11) is -3.72. The summed E-state index contributed by atoms with van der Waals surface area (Å²) in [5.41, 5.74) is 0. The average Bonchev–Trinajstić information content (AvgIpc) is 3.41. The van der Waals surface area contributed by atoms with Crippen molar-refractivity contribution in [3.05, 3.63) is 0 Å². The van der Waals surface area contributed by atoms with E-state index in [0.717, 1.165) is 26.1 Å². The van der Waals surface area contributed by atoms with E-state index in [4.69, 9.17) is 14.0 Å². The van der Waals surface area contributed by atoms with E-state index in [1.165, 1.54) is 89.9 Å². The maximum absolute atomic E-state index is 12.5. The van der Waals surface area contributed by atoms with Crippen LogP contribution in [0.2, 0.25) is 0 Å². The highest BCUT2D eigenvalue weighted by atomic mass is 31.2. The van der Waals surface area contributed by atoms with Crippen molar-refractivity contribution in [3.8, 4) is 0 Å². The van der Waals surface area contributed by atoms with Crippen LogP contribution in [0.5, 0.6) is 0 Å². The predicted octanol–water partition coefficient (Wildman–Crippen LogP) is 7.74. The van der Waals surface area contributed by atoms with Crippen LogP contribution in [0.1, 0.15) is 130 Å².